The van der Waals surface area contributed by atoms with Gasteiger partial charge >= 0.3 is 0 Å². The molecule has 0 aliphatic rings. The first-order valence-corrected chi connectivity index (χ1v) is 8.09. The minimum Gasteiger partial charge on any atom is -0.126 e. The first-order valence-electron chi connectivity index (χ1n) is 7.02. The molecule has 0 bridgehead atoms. The molecule has 0 saturated carbocycles. The standard InChI is InChI=1S/C17H26Cl2/c1-12(2)8-17(10-18,11-19)9-16-14(4)6-13(3)7-15(16)5/h6-7,12H,8-11H2,1-5H3. The molecule has 0 atom stereocenters. The van der Waals surface area contributed by atoms with Crippen molar-refractivity contribution in [3.05, 3.63) is 34.4 Å². The van der Waals surface area contributed by atoms with Crippen LogP contribution in [0.5, 0.6) is 0 Å². The lowest BCUT2D eigenvalue weighted by atomic mass is 9.76. The van der Waals surface area contributed by atoms with Crippen LogP contribution in [0.1, 0.15) is 42.5 Å². The van der Waals surface area contributed by atoms with Crippen molar-refractivity contribution >= 4 is 23.2 Å². The third-order valence-electron chi connectivity index (χ3n) is 3.80. The monoisotopic (exact) mass is 300 g/mol. The lowest BCUT2D eigenvalue weighted by Crippen LogP contribution is -2.30. The number of hydrogen-bond acceptors (Lipinski definition) is 0. The van der Waals surface area contributed by atoms with Gasteiger partial charge in [0.2, 0.25) is 0 Å². The molecule has 0 N–H and O–H groups in total. The molecule has 0 radical (unpaired) electrons. The third kappa shape index (κ3) is 4.39. The zero-order chi connectivity index (χ0) is 14.6. The molecule has 0 saturated heterocycles. The SMILES string of the molecule is Cc1cc(C)c(CC(CCl)(CCl)CC(C)C)c(C)c1. The van der Waals surface area contributed by atoms with E-state index in [1.54, 1.807) is 0 Å². The van der Waals surface area contributed by atoms with Crippen LogP contribution in [0, 0.1) is 32.1 Å². The molecular formula is C17H26Cl2. The Bertz CT molecular complexity index is 394. The second kappa shape index (κ2) is 6.99. The van der Waals surface area contributed by atoms with Crippen LogP contribution in [-0.4, -0.2) is 11.8 Å². The Balaban J connectivity index is 3.10. The number of alkyl halides is 2. The Kier molecular flexibility index (Phi) is 6.20. The van der Waals surface area contributed by atoms with Crippen LogP contribution in [0.15, 0.2) is 12.1 Å². The molecule has 0 aliphatic carbocycles. The van der Waals surface area contributed by atoms with Gasteiger partial charge in [-0.1, -0.05) is 31.5 Å². The molecule has 0 unspecified atom stereocenters. The van der Waals surface area contributed by atoms with Crippen LogP contribution in [0.4, 0.5) is 0 Å². The molecule has 1 aromatic carbocycles. The molecule has 108 valence electrons. The number of rotatable bonds is 6. The zero-order valence-corrected chi connectivity index (χ0v) is 14.3. The lowest BCUT2D eigenvalue weighted by Gasteiger charge is -2.33. The van der Waals surface area contributed by atoms with Gasteiger partial charge in [-0.3, -0.25) is 0 Å². The topological polar surface area (TPSA) is 0 Å². The molecular weight excluding hydrogens is 275 g/mol. The van der Waals surface area contributed by atoms with E-state index in [4.69, 9.17) is 23.2 Å². The highest BCUT2D eigenvalue weighted by atomic mass is 35.5. The Morgan fingerprint density at radius 3 is 1.84 bits per heavy atom. The van der Waals surface area contributed by atoms with Gasteiger partial charge in [-0.25, -0.2) is 0 Å². The highest BCUT2D eigenvalue weighted by Gasteiger charge is 2.30. The molecule has 0 spiro atoms. The first-order chi connectivity index (χ1) is 8.83. The number of hydrogen-bond donors (Lipinski definition) is 0. The first kappa shape index (κ1) is 16.9. The zero-order valence-electron chi connectivity index (χ0n) is 12.8. The molecule has 0 aromatic heterocycles. The van der Waals surface area contributed by atoms with E-state index in [0.29, 0.717) is 17.7 Å². The summed E-state index contributed by atoms with van der Waals surface area (Å²) in [6.07, 6.45) is 2.06. The van der Waals surface area contributed by atoms with E-state index in [9.17, 15) is 0 Å². The molecule has 0 heterocycles. The summed E-state index contributed by atoms with van der Waals surface area (Å²) in [5.74, 6) is 1.87. The average molecular weight is 301 g/mol. The molecule has 0 aliphatic heterocycles. The Hall–Kier alpha value is -0.200. The Morgan fingerprint density at radius 1 is 1.00 bits per heavy atom. The molecule has 0 amide bonds. The van der Waals surface area contributed by atoms with Crippen molar-refractivity contribution in [3.8, 4) is 0 Å². The number of halogens is 2. The van der Waals surface area contributed by atoms with Crippen LogP contribution in [0.2, 0.25) is 0 Å². The Labute approximate surface area is 128 Å². The molecule has 1 aromatic rings. The van der Waals surface area contributed by atoms with Crippen molar-refractivity contribution < 1.29 is 0 Å². The van der Waals surface area contributed by atoms with Crippen molar-refractivity contribution in [2.75, 3.05) is 11.8 Å². The fourth-order valence-corrected chi connectivity index (χ4v) is 3.73. The molecule has 0 fully saturated rings. The fraction of sp³-hybridized carbons (Fsp3) is 0.647. The molecule has 2 heteroatoms. The highest BCUT2D eigenvalue weighted by Crippen LogP contribution is 2.35. The van der Waals surface area contributed by atoms with E-state index in [1.807, 2.05) is 0 Å². The lowest BCUT2D eigenvalue weighted by molar-refractivity contribution is 0.294. The summed E-state index contributed by atoms with van der Waals surface area (Å²) in [5, 5.41) is 0. The minimum atomic E-state index is 0.0159. The second-order valence-corrected chi connectivity index (χ2v) is 6.95. The van der Waals surface area contributed by atoms with Gasteiger partial charge in [0.15, 0.2) is 0 Å². The summed E-state index contributed by atoms with van der Waals surface area (Å²) in [6.45, 7) is 11.0. The van der Waals surface area contributed by atoms with Gasteiger partial charge in [0.1, 0.15) is 0 Å². The predicted octanol–water partition coefficient (Wildman–Crippen LogP) is 5.66. The largest absolute Gasteiger partial charge is 0.126 e. The van der Waals surface area contributed by atoms with Crippen molar-refractivity contribution in [2.24, 2.45) is 11.3 Å². The third-order valence-corrected chi connectivity index (χ3v) is 4.93. The average Bonchev–Trinajstić information content (AvgIpc) is 2.31. The van der Waals surface area contributed by atoms with Crippen LogP contribution >= 0.6 is 23.2 Å². The molecule has 0 nitrogen and oxygen atoms in total. The maximum absolute atomic E-state index is 6.27. The smallest absolute Gasteiger partial charge is 0.0294 e. The molecule has 19 heavy (non-hydrogen) atoms. The van der Waals surface area contributed by atoms with E-state index in [1.165, 1.54) is 22.3 Å². The van der Waals surface area contributed by atoms with E-state index in [2.05, 4.69) is 46.8 Å². The minimum absolute atomic E-state index is 0.0159. The van der Waals surface area contributed by atoms with Gasteiger partial charge in [-0.05, 0) is 56.2 Å². The normalized spacial score (nSPS) is 12.2. The van der Waals surface area contributed by atoms with Crippen LogP contribution < -0.4 is 0 Å². The van der Waals surface area contributed by atoms with Crippen LogP contribution in [0.3, 0.4) is 0 Å². The summed E-state index contributed by atoms with van der Waals surface area (Å²) < 4.78 is 0. The van der Waals surface area contributed by atoms with Gasteiger partial charge in [0.05, 0.1) is 0 Å². The van der Waals surface area contributed by atoms with Gasteiger partial charge < -0.3 is 0 Å². The van der Waals surface area contributed by atoms with Gasteiger partial charge in [-0.2, -0.15) is 0 Å². The fourth-order valence-electron chi connectivity index (χ4n) is 3.04. The molecule has 1 rings (SSSR count). The van der Waals surface area contributed by atoms with E-state index >= 15 is 0 Å². The van der Waals surface area contributed by atoms with E-state index in [0.717, 1.165) is 12.8 Å². The highest BCUT2D eigenvalue weighted by molar-refractivity contribution is 6.21. The maximum Gasteiger partial charge on any atom is 0.0294 e. The number of aryl methyl sites for hydroxylation is 3. The van der Waals surface area contributed by atoms with Crippen molar-refractivity contribution in [1.29, 1.82) is 0 Å². The maximum atomic E-state index is 6.27. The van der Waals surface area contributed by atoms with Gasteiger partial charge in [-0.15, -0.1) is 23.2 Å². The number of benzene rings is 1. The summed E-state index contributed by atoms with van der Waals surface area (Å²) >= 11 is 12.5. The van der Waals surface area contributed by atoms with Crippen molar-refractivity contribution in [2.45, 2.75) is 47.5 Å². The summed E-state index contributed by atoms with van der Waals surface area (Å²) in [7, 11) is 0. The van der Waals surface area contributed by atoms with Crippen LogP contribution in [-0.2, 0) is 6.42 Å². The van der Waals surface area contributed by atoms with Crippen molar-refractivity contribution in [1.82, 2.24) is 0 Å². The van der Waals surface area contributed by atoms with Gasteiger partial charge in [0.25, 0.3) is 0 Å². The summed E-state index contributed by atoms with van der Waals surface area (Å²) in [5.41, 5.74) is 5.49. The quantitative estimate of drug-likeness (QED) is 0.594. The Morgan fingerprint density at radius 2 is 1.47 bits per heavy atom. The summed E-state index contributed by atoms with van der Waals surface area (Å²) in [6, 6.07) is 4.51. The van der Waals surface area contributed by atoms with Gasteiger partial charge in [0, 0.05) is 17.2 Å². The second-order valence-electron chi connectivity index (χ2n) is 6.42. The van der Waals surface area contributed by atoms with Crippen molar-refractivity contribution in [3.63, 3.8) is 0 Å². The summed E-state index contributed by atoms with van der Waals surface area (Å²) in [4.78, 5) is 0. The van der Waals surface area contributed by atoms with E-state index in [-0.39, 0.29) is 5.41 Å². The van der Waals surface area contributed by atoms with E-state index < -0.39 is 0 Å². The van der Waals surface area contributed by atoms with Crippen LogP contribution in [0.25, 0.3) is 0 Å². The predicted molar refractivity (Wildman–Crippen MR) is 87.7 cm³/mol.